The SMILES string of the molecule is Cc1cc(-c2cc3ccncc3o2)[nH]c1C(=O)O. The van der Waals surface area contributed by atoms with Crippen molar-refractivity contribution in [2.75, 3.05) is 0 Å². The average molecular weight is 242 g/mol. The monoisotopic (exact) mass is 242 g/mol. The predicted octanol–water partition coefficient (Wildman–Crippen LogP) is 2.83. The molecule has 0 radical (unpaired) electrons. The molecule has 5 nitrogen and oxygen atoms in total. The lowest BCUT2D eigenvalue weighted by Gasteiger charge is -1.90. The molecule has 2 N–H and O–H groups in total. The number of hydrogen-bond donors (Lipinski definition) is 2. The van der Waals surface area contributed by atoms with Gasteiger partial charge in [0.05, 0.1) is 11.9 Å². The molecule has 0 aliphatic rings. The van der Waals surface area contributed by atoms with Crippen LogP contribution >= 0.6 is 0 Å². The number of furan rings is 1. The minimum Gasteiger partial charge on any atom is -0.477 e. The molecule has 0 aliphatic carbocycles. The molecular formula is C13H10N2O3. The molecule has 90 valence electrons. The van der Waals surface area contributed by atoms with Crippen molar-refractivity contribution in [2.24, 2.45) is 0 Å². The van der Waals surface area contributed by atoms with E-state index in [2.05, 4.69) is 9.97 Å². The van der Waals surface area contributed by atoms with Crippen LogP contribution < -0.4 is 0 Å². The van der Waals surface area contributed by atoms with Crippen molar-refractivity contribution >= 4 is 16.9 Å². The van der Waals surface area contributed by atoms with Gasteiger partial charge in [-0.2, -0.15) is 0 Å². The number of nitrogens with zero attached hydrogens (tertiary/aromatic N) is 1. The molecule has 0 atom stereocenters. The fraction of sp³-hybridized carbons (Fsp3) is 0.0769. The molecule has 0 unspecified atom stereocenters. The highest BCUT2D eigenvalue weighted by Gasteiger charge is 2.14. The number of hydrogen-bond acceptors (Lipinski definition) is 3. The van der Waals surface area contributed by atoms with E-state index < -0.39 is 5.97 Å². The van der Waals surface area contributed by atoms with E-state index in [1.165, 1.54) is 0 Å². The van der Waals surface area contributed by atoms with Gasteiger partial charge < -0.3 is 14.5 Å². The molecule has 0 bridgehead atoms. The number of aryl methyl sites for hydroxylation is 1. The average Bonchev–Trinajstić information content (AvgIpc) is 2.91. The minimum atomic E-state index is -0.975. The molecule has 0 amide bonds. The van der Waals surface area contributed by atoms with E-state index in [0.29, 0.717) is 22.6 Å². The maximum Gasteiger partial charge on any atom is 0.352 e. The number of pyridine rings is 1. The standard InChI is InChI=1S/C13H10N2O3/c1-7-4-9(15-12(7)13(16)17)10-5-8-2-3-14-6-11(8)18-10/h2-6,15H,1H3,(H,16,17). The second-order valence-electron chi connectivity index (χ2n) is 4.07. The van der Waals surface area contributed by atoms with Gasteiger partial charge >= 0.3 is 5.97 Å². The van der Waals surface area contributed by atoms with Gasteiger partial charge in [0.1, 0.15) is 5.69 Å². The van der Waals surface area contributed by atoms with E-state index in [9.17, 15) is 4.79 Å². The molecule has 0 aliphatic heterocycles. The Morgan fingerprint density at radius 3 is 2.94 bits per heavy atom. The van der Waals surface area contributed by atoms with Crippen LogP contribution in [0.4, 0.5) is 0 Å². The van der Waals surface area contributed by atoms with Crippen molar-refractivity contribution in [1.29, 1.82) is 0 Å². The zero-order valence-corrected chi connectivity index (χ0v) is 9.60. The second-order valence-corrected chi connectivity index (χ2v) is 4.07. The van der Waals surface area contributed by atoms with Crippen LogP contribution in [0.1, 0.15) is 16.1 Å². The first kappa shape index (κ1) is 10.6. The van der Waals surface area contributed by atoms with Gasteiger partial charge in [0.25, 0.3) is 0 Å². The summed E-state index contributed by atoms with van der Waals surface area (Å²) in [4.78, 5) is 17.8. The summed E-state index contributed by atoms with van der Waals surface area (Å²) in [6.07, 6.45) is 3.32. The molecule has 0 saturated heterocycles. The number of aromatic amines is 1. The molecule has 3 heterocycles. The molecule has 0 aromatic carbocycles. The smallest absolute Gasteiger partial charge is 0.352 e. The number of carboxylic acid groups (broad SMARTS) is 1. The first-order chi connectivity index (χ1) is 8.65. The normalized spacial score (nSPS) is 10.9. The Kier molecular flexibility index (Phi) is 2.19. The Balaban J connectivity index is 2.14. The summed E-state index contributed by atoms with van der Waals surface area (Å²) in [7, 11) is 0. The van der Waals surface area contributed by atoms with E-state index in [1.54, 1.807) is 25.4 Å². The second kappa shape index (κ2) is 3.73. The highest BCUT2D eigenvalue weighted by molar-refractivity contribution is 5.89. The van der Waals surface area contributed by atoms with E-state index >= 15 is 0 Å². The van der Waals surface area contributed by atoms with Crippen LogP contribution in [0.25, 0.3) is 22.4 Å². The molecule has 3 rings (SSSR count). The fourth-order valence-electron chi connectivity index (χ4n) is 1.93. The summed E-state index contributed by atoms with van der Waals surface area (Å²) < 4.78 is 5.62. The number of aromatic nitrogens is 2. The molecule has 0 spiro atoms. The van der Waals surface area contributed by atoms with Crippen molar-refractivity contribution in [2.45, 2.75) is 6.92 Å². The third-order valence-electron chi connectivity index (χ3n) is 2.82. The summed E-state index contributed by atoms with van der Waals surface area (Å²) in [5.41, 5.74) is 2.19. The summed E-state index contributed by atoms with van der Waals surface area (Å²) >= 11 is 0. The minimum absolute atomic E-state index is 0.184. The molecule has 0 fully saturated rings. The number of aromatic carboxylic acids is 1. The number of carboxylic acids is 1. The number of rotatable bonds is 2. The van der Waals surface area contributed by atoms with Crippen LogP contribution in [-0.2, 0) is 0 Å². The summed E-state index contributed by atoms with van der Waals surface area (Å²) in [6, 6.07) is 5.46. The molecular weight excluding hydrogens is 232 g/mol. The van der Waals surface area contributed by atoms with E-state index in [-0.39, 0.29) is 5.69 Å². The van der Waals surface area contributed by atoms with E-state index in [4.69, 9.17) is 9.52 Å². The Hall–Kier alpha value is -2.56. The lowest BCUT2D eigenvalue weighted by atomic mass is 10.2. The van der Waals surface area contributed by atoms with Gasteiger partial charge in [-0.3, -0.25) is 4.98 Å². The maximum absolute atomic E-state index is 11.0. The number of carbonyl (C=O) groups is 1. The van der Waals surface area contributed by atoms with Crippen LogP contribution in [0, 0.1) is 6.92 Å². The van der Waals surface area contributed by atoms with Gasteiger partial charge in [0.2, 0.25) is 0 Å². The molecule has 3 aromatic rings. The van der Waals surface area contributed by atoms with Gasteiger partial charge in [-0.1, -0.05) is 0 Å². The van der Waals surface area contributed by atoms with Crippen LogP contribution in [0.2, 0.25) is 0 Å². The van der Waals surface area contributed by atoms with Crippen molar-refractivity contribution in [3.63, 3.8) is 0 Å². The fourth-order valence-corrected chi connectivity index (χ4v) is 1.93. The number of nitrogens with one attached hydrogen (secondary N) is 1. The van der Waals surface area contributed by atoms with E-state index in [0.717, 1.165) is 5.39 Å². The molecule has 5 heteroatoms. The van der Waals surface area contributed by atoms with Crippen LogP contribution in [0.5, 0.6) is 0 Å². The van der Waals surface area contributed by atoms with Crippen molar-refractivity contribution in [3.8, 4) is 11.5 Å². The van der Waals surface area contributed by atoms with Crippen molar-refractivity contribution in [3.05, 3.63) is 41.9 Å². The lowest BCUT2D eigenvalue weighted by Crippen LogP contribution is -1.98. The van der Waals surface area contributed by atoms with Gasteiger partial charge in [-0.15, -0.1) is 0 Å². The van der Waals surface area contributed by atoms with Gasteiger partial charge in [-0.05, 0) is 30.7 Å². The highest BCUT2D eigenvalue weighted by atomic mass is 16.4. The highest BCUT2D eigenvalue weighted by Crippen LogP contribution is 2.27. The van der Waals surface area contributed by atoms with Gasteiger partial charge in [0.15, 0.2) is 11.3 Å². The largest absolute Gasteiger partial charge is 0.477 e. The van der Waals surface area contributed by atoms with E-state index in [1.807, 2.05) is 12.1 Å². The zero-order chi connectivity index (χ0) is 12.7. The summed E-state index contributed by atoms with van der Waals surface area (Å²) in [6.45, 7) is 1.74. The molecule has 3 aromatic heterocycles. The Labute approximate surface area is 102 Å². The quantitative estimate of drug-likeness (QED) is 0.724. The number of fused-ring (bicyclic) bond motifs is 1. The predicted molar refractivity (Wildman–Crippen MR) is 65.5 cm³/mol. The Morgan fingerprint density at radius 2 is 2.28 bits per heavy atom. The summed E-state index contributed by atoms with van der Waals surface area (Å²) in [5, 5.41) is 9.93. The van der Waals surface area contributed by atoms with Gasteiger partial charge in [-0.25, -0.2) is 4.79 Å². The third-order valence-corrected chi connectivity index (χ3v) is 2.82. The van der Waals surface area contributed by atoms with Crippen molar-refractivity contribution < 1.29 is 14.3 Å². The summed E-state index contributed by atoms with van der Waals surface area (Å²) in [5.74, 6) is -0.370. The zero-order valence-electron chi connectivity index (χ0n) is 9.60. The van der Waals surface area contributed by atoms with Crippen molar-refractivity contribution in [1.82, 2.24) is 9.97 Å². The maximum atomic E-state index is 11.0. The first-order valence-corrected chi connectivity index (χ1v) is 5.42. The third kappa shape index (κ3) is 1.57. The van der Waals surface area contributed by atoms with Crippen LogP contribution in [0.15, 0.2) is 35.0 Å². The molecule has 0 saturated carbocycles. The van der Waals surface area contributed by atoms with Crippen LogP contribution in [-0.4, -0.2) is 21.0 Å². The topological polar surface area (TPSA) is 79.1 Å². The Morgan fingerprint density at radius 1 is 1.44 bits per heavy atom. The molecule has 18 heavy (non-hydrogen) atoms. The Bertz CT molecular complexity index is 707. The number of H-pyrrole nitrogens is 1. The van der Waals surface area contributed by atoms with Crippen LogP contribution in [0.3, 0.4) is 0 Å². The first-order valence-electron chi connectivity index (χ1n) is 5.42. The lowest BCUT2D eigenvalue weighted by molar-refractivity contribution is 0.0690. The van der Waals surface area contributed by atoms with Gasteiger partial charge in [0, 0.05) is 11.6 Å².